The van der Waals surface area contributed by atoms with Gasteiger partial charge in [-0.15, -0.1) is 0 Å². The number of hydrogen-bond donors (Lipinski definition) is 2. The predicted octanol–water partition coefficient (Wildman–Crippen LogP) is 2.11. The summed E-state index contributed by atoms with van der Waals surface area (Å²) in [6.45, 7) is 3.75. The number of carbonyl (C=O) groups excluding carboxylic acids is 1. The molecule has 134 valence electrons. The van der Waals surface area contributed by atoms with Crippen molar-refractivity contribution in [2.45, 2.75) is 45.0 Å². The number of nitrogens with one attached hydrogen (secondary N) is 1. The molecule has 2 N–H and O–H groups in total. The Morgan fingerprint density at radius 3 is 3.04 bits per heavy atom. The standard InChI is InChI=1S/C18H27NO5/c1-14(20)13-19-18(21)15-6-4-7-16(12-15)22-10-5-11-24-17-8-2-3-9-23-17/h4,6-7,12,14,17,20H,2-3,5,8-11,13H2,1H3,(H,19,21)/t14-,17-/m0/s1. The molecule has 1 aromatic rings. The van der Waals surface area contributed by atoms with E-state index in [1.165, 1.54) is 0 Å². The molecule has 2 rings (SSSR count). The van der Waals surface area contributed by atoms with E-state index in [2.05, 4.69) is 5.32 Å². The minimum Gasteiger partial charge on any atom is -0.493 e. The lowest BCUT2D eigenvalue weighted by Gasteiger charge is -2.22. The zero-order valence-electron chi connectivity index (χ0n) is 14.2. The lowest BCUT2D eigenvalue weighted by atomic mass is 10.2. The number of aliphatic hydroxyl groups excluding tert-OH is 1. The quantitative estimate of drug-likeness (QED) is 0.675. The van der Waals surface area contributed by atoms with Crippen LogP contribution in [0.1, 0.15) is 43.0 Å². The van der Waals surface area contributed by atoms with Crippen molar-refractivity contribution in [2.24, 2.45) is 0 Å². The van der Waals surface area contributed by atoms with Gasteiger partial charge < -0.3 is 24.6 Å². The van der Waals surface area contributed by atoms with Crippen molar-refractivity contribution in [1.29, 1.82) is 0 Å². The van der Waals surface area contributed by atoms with Gasteiger partial charge in [-0.2, -0.15) is 0 Å². The molecular weight excluding hydrogens is 310 g/mol. The van der Waals surface area contributed by atoms with Gasteiger partial charge in [0.25, 0.3) is 5.91 Å². The zero-order chi connectivity index (χ0) is 17.2. The summed E-state index contributed by atoms with van der Waals surface area (Å²) in [7, 11) is 0. The minimum atomic E-state index is -0.568. The first kappa shape index (κ1) is 18.7. The summed E-state index contributed by atoms with van der Waals surface area (Å²) in [5.41, 5.74) is 0.514. The Morgan fingerprint density at radius 1 is 1.42 bits per heavy atom. The van der Waals surface area contributed by atoms with Gasteiger partial charge >= 0.3 is 0 Å². The van der Waals surface area contributed by atoms with Crippen LogP contribution in [0.3, 0.4) is 0 Å². The molecule has 1 aromatic carbocycles. The summed E-state index contributed by atoms with van der Waals surface area (Å²) in [5.74, 6) is 0.424. The Labute approximate surface area is 143 Å². The summed E-state index contributed by atoms with van der Waals surface area (Å²) in [4.78, 5) is 11.9. The molecule has 0 bridgehead atoms. The van der Waals surface area contributed by atoms with E-state index in [-0.39, 0.29) is 18.7 Å². The van der Waals surface area contributed by atoms with Crippen molar-refractivity contribution in [2.75, 3.05) is 26.4 Å². The average Bonchev–Trinajstić information content (AvgIpc) is 2.60. The lowest BCUT2D eigenvalue weighted by molar-refractivity contribution is -0.163. The first-order valence-corrected chi connectivity index (χ1v) is 8.57. The van der Waals surface area contributed by atoms with E-state index in [1.54, 1.807) is 25.1 Å². The second-order valence-corrected chi connectivity index (χ2v) is 5.96. The summed E-state index contributed by atoms with van der Waals surface area (Å²) >= 11 is 0. The molecule has 1 aliphatic rings. The van der Waals surface area contributed by atoms with Crippen LogP contribution in [0.2, 0.25) is 0 Å². The number of carbonyl (C=O) groups is 1. The van der Waals surface area contributed by atoms with Crippen molar-refractivity contribution >= 4 is 5.91 Å². The largest absolute Gasteiger partial charge is 0.493 e. The molecule has 0 radical (unpaired) electrons. The van der Waals surface area contributed by atoms with Crippen molar-refractivity contribution in [1.82, 2.24) is 5.32 Å². The highest BCUT2D eigenvalue weighted by atomic mass is 16.7. The van der Waals surface area contributed by atoms with Crippen LogP contribution in [0.4, 0.5) is 0 Å². The smallest absolute Gasteiger partial charge is 0.251 e. The maximum absolute atomic E-state index is 11.9. The van der Waals surface area contributed by atoms with Gasteiger partial charge in [-0.25, -0.2) is 0 Å². The molecule has 0 saturated carbocycles. The van der Waals surface area contributed by atoms with Gasteiger partial charge in [0.05, 0.1) is 19.3 Å². The van der Waals surface area contributed by atoms with E-state index in [0.29, 0.717) is 24.5 Å². The van der Waals surface area contributed by atoms with Crippen LogP contribution in [-0.2, 0) is 9.47 Å². The molecule has 0 aliphatic carbocycles. The fourth-order valence-electron chi connectivity index (χ4n) is 2.38. The number of amides is 1. The van der Waals surface area contributed by atoms with E-state index < -0.39 is 6.10 Å². The topological polar surface area (TPSA) is 77.0 Å². The Morgan fingerprint density at radius 2 is 2.29 bits per heavy atom. The third-order valence-corrected chi connectivity index (χ3v) is 3.65. The van der Waals surface area contributed by atoms with E-state index in [0.717, 1.165) is 32.3 Å². The fraction of sp³-hybridized carbons (Fsp3) is 0.611. The summed E-state index contributed by atoms with van der Waals surface area (Å²) in [5, 5.41) is 11.9. The highest BCUT2D eigenvalue weighted by Crippen LogP contribution is 2.15. The van der Waals surface area contributed by atoms with E-state index in [9.17, 15) is 9.90 Å². The van der Waals surface area contributed by atoms with Crippen molar-refractivity contribution in [3.8, 4) is 5.75 Å². The van der Waals surface area contributed by atoms with Crippen LogP contribution in [0.15, 0.2) is 24.3 Å². The molecule has 1 amide bonds. The van der Waals surface area contributed by atoms with Crippen molar-refractivity contribution in [3.05, 3.63) is 29.8 Å². The van der Waals surface area contributed by atoms with Gasteiger partial charge in [0, 0.05) is 25.1 Å². The fourth-order valence-corrected chi connectivity index (χ4v) is 2.38. The highest BCUT2D eigenvalue weighted by molar-refractivity contribution is 5.94. The molecule has 1 saturated heterocycles. The van der Waals surface area contributed by atoms with Gasteiger partial charge in [0.15, 0.2) is 6.29 Å². The van der Waals surface area contributed by atoms with Gasteiger partial charge in [0.2, 0.25) is 0 Å². The summed E-state index contributed by atoms with van der Waals surface area (Å²) < 4.78 is 16.8. The third-order valence-electron chi connectivity index (χ3n) is 3.65. The minimum absolute atomic E-state index is 0.0697. The van der Waals surface area contributed by atoms with E-state index >= 15 is 0 Å². The van der Waals surface area contributed by atoms with Crippen LogP contribution >= 0.6 is 0 Å². The molecule has 24 heavy (non-hydrogen) atoms. The first-order chi connectivity index (χ1) is 11.6. The van der Waals surface area contributed by atoms with Crippen molar-refractivity contribution in [3.63, 3.8) is 0 Å². The number of hydrogen-bond acceptors (Lipinski definition) is 5. The SMILES string of the molecule is C[C@H](O)CNC(=O)c1cccc(OCCCO[C@H]2CCCCO2)c1. The van der Waals surface area contributed by atoms with Crippen LogP contribution < -0.4 is 10.1 Å². The van der Waals surface area contributed by atoms with Crippen LogP contribution in [-0.4, -0.2) is 49.8 Å². The van der Waals surface area contributed by atoms with Gasteiger partial charge in [-0.05, 0) is 44.4 Å². The van der Waals surface area contributed by atoms with Gasteiger partial charge in [-0.3, -0.25) is 4.79 Å². The average molecular weight is 337 g/mol. The summed E-state index contributed by atoms with van der Waals surface area (Å²) in [6.07, 6.45) is 3.36. The number of benzene rings is 1. The molecule has 6 nitrogen and oxygen atoms in total. The third kappa shape index (κ3) is 6.86. The summed E-state index contributed by atoms with van der Waals surface area (Å²) in [6, 6.07) is 7.01. The molecule has 1 aliphatic heterocycles. The zero-order valence-corrected chi connectivity index (χ0v) is 14.2. The molecule has 0 spiro atoms. The normalized spacial score (nSPS) is 18.8. The van der Waals surface area contributed by atoms with Crippen molar-refractivity contribution < 1.29 is 24.1 Å². The first-order valence-electron chi connectivity index (χ1n) is 8.57. The Balaban J connectivity index is 1.67. The highest BCUT2D eigenvalue weighted by Gasteiger charge is 2.13. The number of ether oxygens (including phenoxy) is 3. The lowest BCUT2D eigenvalue weighted by Crippen LogP contribution is -2.30. The van der Waals surface area contributed by atoms with E-state index in [4.69, 9.17) is 14.2 Å². The number of aliphatic hydroxyl groups is 1. The Bertz CT molecular complexity index is 500. The van der Waals surface area contributed by atoms with Crippen LogP contribution in [0.5, 0.6) is 5.75 Å². The Kier molecular flexibility index (Phi) is 8.01. The maximum atomic E-state index is 11.9. The predicted molar refractivity (Wildman–Crippen MR) is 90.1 cm³/mol. The second kappa shape index (κ2) is 10.3. The maximum Gasteiger partial charge on any atom is 0.251 e. The Hall–Kier alpha value is -1.63. The van der Waals surface area contributed by atoms with Gasteiger partial charge in [-0.1, -0.05) is 6.07 Å². The molecule has 0 aromatic heterocycles. The second-order valence-electron chi connectivity index (χ2n) is 5.96. The van der Waals surface area contributed by atoms with E-state index in [1.807, 2.05) is 6.07 Å². The molecule has 1 heterocycles. The monoisotopic (exact) mass is 337 g/mol. The molecule has 2 atom stereocenters. The molecule has 1 fully saturated rings. The number of rotatable bonds is 9. The van der Waals surface area contributed by atoms with Gasteiger partial charge in [0.1, 0.15) is 5.75 Å². The van der Waals surface area contributed by atoms with Crippen LogP contribution in [0, 0.1) is 0 Å². The van der Waals surface area contributed by atoms with Crippen LogP contribution in [0.25, 0.3) is 0 Å². The molecule has 6 heteroatoms. The molecular formula is C18H27NO5. The molecule has 0 unspecified atom stereocenters.